The van der Waals surface area contributed by atoms with Crippen molar-refractivity contribution >= 4 is 29.1 Å². The Morgan fingerprint density at radius 2 is 2.11 bits per heavy atom. The minimum Gasteiger partial charge on any atom is -0.352 e. The second kappa shape index (κ2) is 5.51. The van der Waals surface area contributed by atoms with Gasteiger partial charge in [0.05, 0.1) is 10.0 Å². The number of hydrogen-bond donors (Lipinski definition) is 3. The first-order valence-corrected chi connectivity index (χ1v) is 6.81. The molecule has 2 heterocycles. The zero-order valence-electron chi connectivity index (χ0n) is 10.4. The maximum Gasteiger partial charge on any atom is 0.269 e. The minimum absolute atomic E-state index is 0.178. The molecule has 2 unspecified atom stereocenters. The van der Waals surface area contributed by atoms with Gasteiger partial charge in [0.15, 0.2) is 0 Å². The number of aryl methyl sites for hydroxylation is 1. The fraction of sp³-hybridized carbons (Fsp3) is 0.583. The molecule has 0 saturated carbocycles. The van der Waals surface area contributed by atoms with E-state index in [1.807, 2.05) is 0 Å². The van der Waals surface area contributed by atoms with Crippen molar-refractivity contribution in [1.82, 2.24) is 15.6 Å². The summed E-state index contributed by atoms with van der Waals surface area (Å²) < 4.78 is 0. The van der Waals surface area contributed by atoms with Crippen LogP contribution < -0.4 is 10.6 Å². The van der Waals surface area contributed by atoms with Crippen LogP contribution in [-0.4, -0.2) is 30.0 Å². The molecule has 3 N–H and O–H groups in total. The van der Waals surface area contributed by atoms with E-state index in [2.05, 4.69) is 22.5 Å². The quantitative estimate of drug-likeness (QED) is 0.783. The summed E-state index contributed by atoms with van der Waals surface area (Å²) >= 11 is 12.0. The van der Waals surface area contributed by atoms with Gasteiger partial charge < -0.3 is 15.6 Å². The molecule has 1 aromatic heterocycles. The van der Waals surface area contributed by atoms with Gasteiger partial charge in [0.25, 0.3) is 5.91 Å². The van der Waals surface area contributed by atoms with Crippen molar-refractivity contribution < 1.29 is 4.79 Å². The van der Waals surface area contributed by atoms with Crippen LogP contribution in [0.15, 0.2) is 0 Å². The molecule has 0 spiro atoms. The summed E-state index contributed by atoms with van der Waals surface area (Å²) in [7, 11) is 0. The molecule has 1 amide bonds. The van der Waals surface area contributed by atoms with Gasteiger partial charge in [-0.05, 0) is 32.4 Å². The molecule has 1 saturated heterocycles. The average molecular weight is 290 g/mol. The average Bonchev–Trinajstić information content (AvgIpc) is 2.60. The summed E-state index contributed by atoms with van der Waals surface area (Å²) in [5.74, 6) is 0.224. The monoisotopic (exact) mass is 289 g/mol. The second-order valence-electron chi connectivity index (χ2n) is 4.80. The van der Waals surface area contributed by atoms with Gasteiger partial charge in [-0.1, -0.05) is 30.1 Å². The van der Waals surface area contributed by atoms with Gasteiger partial charge in [-0.2, -0.15) is 0 Å². The molecule has 2 rings (SSSR count). The molecule has 6 heteroatoms. The molecule has 1 aromatic rings. The van der Waals surface area contributed by atoms with Crippen molar-refractivity contribution in [3.63, 3.8) is 0 Å². The fourth-order valence-electron chi connectivity index (χ4n) is 2.20. The number of H-pyrrole nitrogens is 1. The van der Waals surface area contributed by atoms with Crippen LogP contribution in [0.4, 0.5) is 0 Å². The van der Waals surface area contributed by atoms with Gasteiger partial charge in [-0.25, -0.2) is 0 Å². The van der Waals surface area contributed by atoms with Gasteiger partial charge in [0, 0.05) is 11.7 Å². The highest BCUT2D eigenvalue weighted by Gasteiger charge is 2.25. The Morgan fingerprint density at radius 1 is 1.39 bits per heavy atom. The first-order chi connectivity index (χ1) is 8.50. The summed E-state index contributed by atoms with van der Waals surface area (Å²) in [6, 6.07) is 0.178. The normalized spacial score (nSPS) is 24.0. The van der Waals surface area contributed by atoms with Gasteiger partial charge >= 0.3 is 0 Å². The van der Waals surface area contributed by atoms with E-state index in [1.165, 1.54) is 0 Å². The largest absolute Gasteiger partial charge is 0.352 e. The predicted molar refractivity (Wildman–Crippen MR) is 73.5 cm³/mol. The van der Waals surface area contributed by atoms with Crippen LogP contribution in [0.2, 0.25) is 10.0 Å². The number of halogens is 2. The Hall–Kier alpha value is -0.710. The first kappa shape index (κ1) is 13.7. The van der Waals surface area contributed by atoms with Crippen molar-refractivity contribution in [2.75, 3.05) is 13.1 Å². The van der Waals surface area contributed by atoms with Gasteiger partial charge in [-0.3, -0.25) is 4.79 Å². The van der Waals surface area contributed by atoms with Crippen LogP contribution in [0, 0.1) is 12.8 Å². The van der Waals surface area contributed by atoms with E-state index in [0.29, 0.717) is 27.4 Å². The van der Waals surface area contributed by atoms with E-state index >= 15 is 0 Å². The smallest absolute Gasteiger partial charge is 0.269 e. The number of aromatic nitrogens is 1. The Balaban J connectivity index is 2.09. The topological polar surface area (TPSA) is 56.9 Å². The highest BCUT2D eigenvalue weighted by Crippen LogP contribution is 2.29. The second-order valence-corrected chi connectivity index (χ2v) is 5.56. The third kappa shape index (κ3) is 2.66. The molecule has 1 fully saturated rings. The van der Waals surface area contributed by atoms with E-state index in [0.717, 1.165) is 19.5 Å². The third-order valence-electron chi connectivity index (χ3n) is 3.38. The lowest BCUT2D eigenvalue weighted by molar-refractivity contribution is 0.0910. The van der Waals surface area contributed by atoms with Gasteiger partial charge in [0.2, 0.25) is 0 Å². The highest BCUT2D eigenvalue weighted by atomic mass is 35.5. The molecule has 4 nitrogen and oxygen atoms in total. The molecule has 18 heavy (non-hydrogen) atoms. The van der Waals surface area contributed by atoms with Crippen molar-refractivity contribution in [3.8, 4) is 0 Å². The molecule has 0 aromatic carbocycles. The molecule has 0 aliphatic carbocycles. The lowest BCUT2D eigenvalue weighted by Gasteiger charge is -2.30. The molecular weight excluding hydrogens is 273 g/mol. The van der Waals surface area contributed by atoms with Gasteiger partial charge in [0.1, 0.15) is 5.69 Å². The van der Waals surface area contributed by atoms with Crippen molar-refractivity contribution in [2.45, 2.75) is 26.3 Å². The van der Waals surface area contributed by atoms with Crippen LogP contribution in [0.5, 0.6) is 0 Å². The summed E-state index contributed by atoms with van der Waals surface area (Å²) in [5, 5.41) is 7.02. The van der Waals surface area contributed by atoms with E-state index < -0.39 is 0 Å². The zero-order chi connectivity index (χ0) is 13.3. The maximum atomic E-state index is 12.1. The lowest BCUT2D eigenvalue weighted by atomic mass is 9.95. The summed E-state index contributed by atoms with van der Waals surface area (Å²) in [6.45, 7) is 5.75. The SMILES string of the molecule is Cc1[nH]c(C(=O)NC2CCNCC2C)c(Cl)c1Cl. The number of amides is 1. The summed E-state index contributed by atoms with van der Waals surface area (Å²) in [5.41, 5.74) is 1.06. The molecule has 100 valence electrons. The fourth-order valence-corrected chi connectivity index (χ4v) is 2.61. The number of aromatic amines is 1. The van der Waals surface area contributed by atoms with E-state index in [4.69, 9.17) is 23.2 Å². The predicted octanol–water partition coefficient (Wildman–Crippen LogP) is 2.36. The Bertz CT molecular complexity index is 458. The van der Waals surface area contributed by atoms with E-state index in [1.54, 1.807) is 6.92 Å². The van der Waals surface area contributed by atoms with E-state index in [-0.39, 0.29) is 11.9 Å². The minimum atomic E-state index is -0.186. The third-order valence-corrected chi connectivity index (χ3v) is 4.33. The highest BCUT2D eigenvalue weighted by molar-refractivity contribution is 6.44. The molecule has 2 atom stereocenters. The van der Waals surface area contributed by atoms with Crippen LogP contribution >= 0.6 is 23.2 Å². The number of rotatable bonds is 2. The number of piperidine rings is 1. The zero-order valence-corrected chi connectivity index (χ0v) is 12.0. The standard InChI is InChI=1S/C12H17Cl2N3O/c1-6-5-15-4-3-8(6)17-12(18)11-10(14)9(13)7(2)16-11/h6,8,15-16H,3-5H2,1-2H3,(H,17,18). The Morgan fingerprint density at radius 3 is 2.67 bits per heavy atom. The lowest BCUT2D eigenvalue weighted by Crippen LogP contribution is -2.48. The summed E-state index contributed by atoms with van der Waals surface area (Å²) in [6.07, 6.45) is 0.929. The molecule has 1 aliphatic rings. The molecular formula is C12H17Cl2N3O. The number of carbonyl (C=O) groups excluding carboxylic acids is 1. The molecule has 1 aliphatic heterocycles. The van der Waals surface area contributed by atoms with Crippen molar-refractivity contribution in [3.05, 3.63) is 21.4 Å². The van der Waals surface area contributed by atoms with Crippen molar-refractivity contribution in [2.24, 2.45) is 5.92 Å². The Labute approximate surface area is 116 Å². The maximum absolute atomic E-state index is 12.1. The van der Waals surface area contributed by atoms with Crippen molar-refractivity contribution in [1.29, 1.82) is 0 Å². The first-order valence-electron chi connectivity index (χ1n) is 6.06. The van der Waals surface area contributed by atoms with Gasteiger partial charge in [-0.15, -0.1) is 0 Å². The summed E-state index contributed by atoms with van der Waals surface area (Å²) in [4.78, 5) is 15.1. The molecule has 0 radical (unpaired) electrons. The number of carbonyl (C=O) groups is 1. The Kier molecular flexibility index (Phi) is 4.20. The van der Waals surface area contributed by atoms with Crippen LogP contribution in [0.1, 0.15) is 29.5 Å². The number of hydrogen-bond acceptors (Lipinski definition) is 2. The van der Waals surface area contributed by atoms with E-state index in [9.17, 15) is 4.79 Å². The number of nitrogens with one attached hydrogen (secondary N) is 3. The van der Waals surface area contributed by atoms with Crippen LogP contribution in [-0.2, 0) is 0 Å². The molecule has 0 bridgehead atoms. The van der Waals surface area contributed by atoms with Crippen LogP contribution in [0.25, 0.3) is 0 Å². The van der Waals surface area contributed by atoms with Crippen LogP contribution in [0.3, 0.4) is 0 Å².